The molecule has 0 spiro atoms. The van der Waals surface area contributed by atoms with Gasteiger partial charge in [0.05, 0.1) is 19.8 Å². The van der Waals surface area contributed by atoms with Gasteiger partial charge in [-0.3, -0.25) is 0 Å². The molecule has 1 aliphatic heterocycles. The number of ether oxygens (including phenoxy) is 6. The van der Waals surface area contributed by atoms with Gasteiger partial charge in [-0.25, -0.2) is 0 Å². The Morgan fingerprint density at radius 3 is 1.64 bits per heavy atom. The van der Waals surface area contributed by atoms with E-state index in [1.54, 1.807) is 0 Å². The summed E-state index contributed by atoms with van der Waals surface area (Å²) in [6.45, 7) is 3.04. The standard InChI is InChI=1S/C21H25BrO6/c22-9-10-24-17-15-27-20-7-3-1-5-18(20)25-13-11-23-12-14-26-19-6-2-4-8-21(19)28-16-17/h1-8,17H,9-16H2. The predicted octanol–water partition coefficient (Wildman–Crippen LogP) is 3.71. The molecule has 1 heterocycles. The van der Waals surface area contributed by atoms with Gasteiger partial charge < -0.3 is 28.4 Å². The molecule has 2 aromatic carbocycles. The number of hydrogen-bond acceptors (Lipinski definition) is 6. The van der Waals surface area contributed by atoms with Crippen LogP contribution in [-0.4, -0.2) is 57.7 Å². The first-order valence-electron chi connectivity index (χ1n) is 9.31. The maximum atomic E-state index is 5.97. The van der Waals surface area contributed by atoms with Crippen molar-refractivity contribution >= 4 is 15.9 Å². The molecule has 0 aromatic heterocycles. The van der Waals surface area contributed by atoms with Crippen LogP contribution in [0.5, 0.6) is 23.0 Å². The maximum absolute atomic E-state index is 5.97. The lowest BCUT2D eigenvalue weighted by Gasteiger charge is -2.21. The van der Waals surface area contributed by atoms with Crippen LogP contribution in [0.25, 0.3) is 0 Å². The smallest absolute Gasteiger partial charge is 0.161 e. The molecule has 0 aliphatic carbocycles. The third-order valence-electron chi connectivity index (χ3n) is 3.95. The van der Waals surface area contributed by atoms with Crippen LogP contribution in [0, 0.1) is 0 Å². The average Bonchev–Trinajstić information content (AvgIpc) is 2.73. The van der Waals surface area contributed by atoms with Gasteiger partial charge >= 0.3 is 0 Å². The molecule has 7 heteroatoms. The number of hydrogen-bond donors (Lipinski definition) is 0. The van der Waals surface area contributed by atoms with Crippen LogP contribution in [0.4, 0.5) is 0 Å². The molecule has 3 rings (SSSR count). The number of rotatable bonds is 3. The first kappa shape index (κ1) is 20.8. The van der Waals surface area contributed by atoms with E-state index in [9.17, 15) is 0 Å². The minimum Gasteiger partial charge on any atom is -0.487 e. The Morgan fingerprint density at radius 2 is 1.18 bits per heavy atom. The van der Waals surface area contributed by atoms with E-state index in [0.717, 1.165) is 5.33 Å². The van der Waals surface area contributed by atoms with Gasteiger partial charge in [-0.15, -0.1) is 0 Å². The topological polar surface area (TPSA) is 55.4 Å². The summed E-state index contributed by atoms with van der Waals surface area (Å²) in [6.07, 6.45) is -0.241. The SMILES string of the molecule is BrCCOC1COc2ccccc2OCCOCCOc2ccccc2OC1. The minimum atomic E-state index is -0.241. The predicted molar refractivity (Wildman–Crippen MR) is 109 cm³/mol. The van der Waals surface area contributed by atoms with Gasteiger partial charge in [0.15, 0.2) is 23.0 Å². The first-order valence-corrected chi connectivity index (χ1v) is 10.4. The second kappa shape index (κ2) is 11.8. The highest BCUT2D eigenvalue weighted by Crippen LogP contribution is 2.28. The average molecular weight is 453 g/mol. The highest BCUT2D eigenvalue weighted by molar-refractivity contribution is 9.09. The van der Waals surface area contributed by atoms with Gasteiger partial charge in [-0.1, -0.05) is 40.2 Å². The lowest BCUT2D eigenvalue weighted by atomic mass is 10.3. The summed E-state index contributed by atoms with van der Waals surface area (Å²) in [5.41, 5.74) is 0. The number of halogens is 1. The largest absolute Gasteiger partial charge is 0.487 e. The minimum absolute atomic E-state index is 0.241. The van der Waals surface area contributed by atoms with Crippen molar-refractivity contribution in [2.75, 3.05) is 51.6 Å². The summed E-state index contributed by atoms with van der Waals surface area (Å²) in [6, 6.07) is 15.2. The molecule has 152 valence electrons. The Balaban J connectivity index is 1.72. The zero-order chi connectivity index (χ0) is 19.4. The van der Waals surface area contributed by atoms with E-state index >= 15 is 0 Å². The molecule has 2 aromatic rings. The molecular weight excluding hydrogens is 428 g/mol. The molecule has 0 N–H and O–H groups in total. The molecular formula is C21H25BrO6. The summed E-state index contributed by atoms with van der Waals surface area (Å²) in [7, 11) is 0. The molecule has 0 amide bonds. The molecule has 0 unspecified atom stereocenters. The zero-order valence-electron chi connectivity index (χ0n) is 15.7. The van der Waals surface area contributed by atoms with Crippen LogP contribution in [0.3, 0.4) is 0 Å². The first-order chi connectivity index (χ1) is 13.9. The fraction of sp³-hybridized carbons (Fsp3) is 0.429. The molecule has 1 aliphatic rings. The van der Waals surface area contributed by atoms with Crippen molar-refractivity contribution < 1.29 is 28.4 Å². The van der Waals surface area contributed by atoms with Gasteiger partial charge in [0.25, 0.3) is 0 Å². The van der Waals surface area contributed by atoms with E-state index < -0.39 is 0 Å². The highest BCUT2D eigenvalue weighted by Gasteiger charge is 2.15. The Bertz CT molecular complexity index is 655. The maximum Gasteiger partial charge on any atom is 0.161 e. The number of fused-ring (bicyclic) bond motifs is 2. The van der Waals surface area contributed by atoms with Crippen molar-refractivity contribution in [1.29, 1.82) is 0 Å². The van der Waals surface area contributed by atoms with Crippen molar-refractivity contribution in [2.24, 2.45) is 0 Å². The fourth-order valence-electron chi connectivity index (χ4n) is 2.62. The van der Waals surface area contributed by atoms with E-state index in [0.29, 0.717) is 69.2 Å². The summed E-state index contributed by atoms with van der Waals surface area (Å²) in [4.78, 5) is 0. The summed E-state index contributed by atoms with van der Waals surface area (Å²) in [5, 5.41) is 0.739. The van der Waals surface area contributed by atoms with Crippen molar-refractivity contribution in [2.45, 2.75) is 6.10 Å². The zero-order valence-corrected chi connectivity index (χ0v) is 17.3. The molecule has 0 saturated heterocycles. The van der Waals surface area contributed by atoms with Crippen LogP contribution < -0.4 is 18.9 Å². The molecule has 6 nitrogen and oxygen atoms in total. The monoisotopic (exact) mass is 452 g/mol. The second-order valence-electron chi connectivity index (χ2n) is 6.01. The van der Waals surface area contributed by atoms with E-state index in [4.69, 9.17) is 28.4 Å². The Labute approximate surface area is 173 Å². The number of benzene rings is 2. The van der Waals surface area contributed by atoms with Crippen LogP contribution in [-0.2, 0) is 9.47 Å². The van der Waals surface area contributed by atoms with Crippen molar-refractivity contribution in [3.05, 3.63) is 48.5 Å². The van der Waals surface area contributed by atoms with Crippen molar-refractivity contribution in [3.63, 3.8) is 0 Å². The van der Waals surface area contributed by atoms with Crippen LogP contribution in [0.1, 0.15) is 0 Å². The molecule has 0 bridgehead atoms. The van der Waals surface area contributed by atoms with Gasteiger partial charge in [0.1, 0.15) is 32.5 Å². The molecule has 0 saturated carbocycles. The fourth-order valence-corrected chi connectivity index (χ4v) is 2.81. The van der Waals surface area contributed by atoms with Crippen LogP contribution in [0.2, 0.25) is 0 Å². The highest BCUT2D eigenvalue weighted by atomic mass is 79.9. The number of para-hydroxylation sites is 4. The van der Waals surface area contributed by atoms with Gasteiger partial charge in [0.2, 0.25) is 0 Å². The summed E-state index contributed by atoms with van der Waals surface area (Å²) < 4.78 is 35.0. The molecule has 0 radical (unpaired) electrons. The van der Waals surface area contributed by atoms with E-state index in [2.05, 4.69) is 15.9 Å². The van der Waals surface area contributed by atoms with Gasteiger partial charge in [-0.2, -0.15) is 0 Å². The van der Waals surface area contributed by atoms with E-state index in [-0.39, 0.29) is 6.10 Å². The normalized spacial score (nSPS) is 16.5. The van der Waals surface area contributed by atoms with Gasteiger partial charge in [0, 0.05) is 5.33 Å². The third kappa shape index (κ3) is 6.58. The van der Waals surface area contributed by atoms with Crippen LogP contribution in [0.15, 0.2) is 48.5 Å². The third-order valence-corrected chi connectivity index (χ3v) is 4.27. The summed E-state index contributed by atoms with van der Waals surface area (Å²) >= 11 is 3.39. The lowest BCUT2D eigenvalue weighted by Crippen LogP contribution is -2.29. The molecule has 0 atom stereocenters. The quantitative estimate of drug-likeness (QED) is 0.661. The van der Waals surface area contributed by atoms with E-state index in [1.807, 2.05) is 48.5 Å². The van der Waals surface area contributed by atoms with Gasteiger partial charge in [-0.05, 0) is 24.3 Å². The Morgan fingerprint density at radius 1 is 0.714 bits per heavy atom. The van der Waals surface area contributed by atoms with E-state index in [1.165, 1.54) is 0 Å². The Kier molecular flexibility index (Phi) is 8.74. The molecule has 28 heavy (non-hydrogen) atoms. The van der Waals surface area contributed by atoms with Crippen molar-refractivity contribution in [3.8, 4) is 23.0 Å². The molecule has 0 fully saturated rings. The number of alkyl halides is 1. The second-order valence-corrected chi connectivity index (χ2v) is 6.80. The summed E-state index contributed by atoms with van der Waals surface area (Å²) in [5.74, 6) is 2.71. The Hall–Kier alpha value is -1.96. The lowest BCUT2D eigenvalue weighted by molar-refractivity contribution is -0.00173. The van der Waals surface area contributed by atoms with Crippen LogP contribution >= 0.6 is 15.9 Å². The van der Waals surface area contributed by atoms with Crippen molar-refractivity contribution in [1.82, 2.24) is 0 Å².